The van der Waals surface area contributed by atoms with Gasteiger partial charge in [-0.1, -0.05) is 46.6 Å². The average Bonchev–Trinajstić information content (AvgIpc) is 2.72. The van der Waals surface area contributed by atoms with Crippen LogP contribution in [0.1, 0.15) is 120 Å². The van der Waals surface area contributed by atoms with Crippen LogP contribution in [0.2, 0.25) is 0 Å². The highest BCUT2D eigenvalue weighted by Crippen LogP contribution is 2.24. The Morgan fingerprint density at radius 2 is 0.912 bits per heavy atom. The van der Waals surface area contributed by atoms with Crippen molar-refractivity contribution in [2.24, 2.45) is 0 Å². The Kier molecular flexibility index (Phi) is 15.9. The molecule has 0 saturated heterocycles. The van der Waals surface area contributed by atoms with E-state index < -0.39 is 23.4 Å². The van der Waals surface area contributed by atoms with Crippen LogP contribution in [-0.4, -0.2) is 43.8 Å². The summed E-state index contributed by atoms with van der Waals surface area (Å²) >= 11 is 0. The summed E-state index contributed by atoms with van der Waals surface area (Å²) in [6, 6.07) is 0. The lowest BCUT2D eigenvalue weighted by Crippen LogP contribution is -2.39. The van der Waals surface area contributed by atoms with Crippen molar-refractivity contribution in [3.63, 3.8) is 0 Å². The number of hydrogen-bond donors (Lipinski definition) is 4. The Hall–Kier alpha value is -1.20. The molecule has 0 aliphatic heterocycles. The summed E-state index contributed by atoms with van der Waals surface area (Å²) in [7, 11) is 0. The van der Waals surface area contributed by atoms with Crippen LogP contribution in [0.3, 0.4) is 0 Å². The Morgan fingerprint density at radius 3 is 1.21 bits per heavy atom. The van der Waals surface area contributed by atoms with Crippen molar-refractivity contribution in [2.75, 3.05) is 0 Å². The van der Waals surface area contributed by atoms with E-state index in [9.17, 15) is 20.4 Å². The fourth-order valence-electron chi connectivity index (χ4n) is 3.85. The minimum atomic E-state index is -1.06. The van der Waals surface area contributed by atoms with Crippen LogP contribution in [-0.2, 0) is 0 Å². The maximum absolute atomic E-state index is 10.5. The fraction of sp³-hybridized carbons (Fsp3) is 0.733. The summed E-state index contributed by atoms with van der Waals surface area (Å²) in [5.74, 6) is 0. The van der Waals surface area contributed by atoms with E-state index in [-0.39, 0.29) is 0 Å². The third-order valence-corrected chi connectivity index (χ3v) is 6.62. The third-order valence-electron chi connectivity index (χ3n) is 6.62. The summed E-state index contributed by atoms with van der Waals surface area (Å²) in [6.45, 7) is 15.8. The van der Waals surface area contributed by atoms with Crippen molar-refractivity contribution in [2.45, 2.75) is 143 Å². The van der Waals surface area contributed by atoms with Crippen LogP contribution in [0, 0.1) is 0 Å². The maximum Gasteiger partial charge on any atom is 0.0880 e. The van der Waals surface area contributed by atoms with Crippen molar-refractivity contribution in [3.05, 3.63) is 46.6 Å². The maximum atomic E-state index is 10.5. The Balaban J connectivity index is 4.36. The van der Waals surface area contributed by atoms with E-state index in [2.05, 4.69) is 38.2 Å². The van der Waals surface area contributed by atoms with E-state index in [1.165, 1.54) is 22.3 Å². The van der Waals surface area contributed by atoms with Gasteiger partial charge in [-0.05, 0) is 120 Å². The number of rotatable bonds is 17. The van der Waals surface area contributed by atoms with Gasteiger partial charge in [0.25, 0.3) is 0 Å². The molecule has 198 valence electrons. The van der Waals surface area contributed by atoms with Gasteiger partial charge in [-0.2, -0.15) is 0 Å². The van der Waals surface area contributed by atoms with Crippen molar-refractivity contribution in [3.8, 4) is 0 Å². The van der Waals surface area contributed by atoms with Crippen LogP contribution >= 0.6 is 0 Å². The van der Waals surface area contributed by atoms with Gasteiger partial charge in [0.1, 0.15) is 0 Å². The quantitative estimate of drug-likeness (QED) is 0.135. The number of hydrogen-bond acceptors (Lipinski definition) is 4. The average molecular weight is 479 g/mol. The lowest BCUT2D eigenvalue weighted by Gasteiger charge is -2.29. The molecule has 4 unspecified atom stereocenters. The molecule has 0 bridgehead atoms. The summed E-state index contributed by atoms with van der Waals surface area (Å²) in [6.07, 6.45) is 14.3. The second-order valence-electron chi connectivity index (χ2n) is 11.1. The minimum absolute atomic E-state index is 0.560. The first kappa shape index (κ1) is 32.8. The number of aliphatic hydroxyl groups is 4. The molecule has 4 N–H and O–H groups in total. The van der Waals surface area contributed by atoms with Gasteiger partial charge in [0.2, 0.25) is 0 Å². The van der Waals surface area contributed by atoms with Crippen molar-refractivity contribution < 1.29 is 20.4 Å². The largest absolute Gasteiger partial charge is 0.390 e. The summed E-state index contributed by atoms with van der Waals surface area (Å²) in [4.78, 5) is 0. The van der Waals surface area contributed by atoms with E-state index in [1.54, 1.807) is 13.8 Å². The van der Waals surface area contributed by atoms with E-state index in [0.29, 0.717) is 25.7 Å². The smallest absolute Gasteiger partial charge is 0.0880 e. The number of unbranched alkanes of at least 4 members (excludes halogenated alkanes) is 1. The second-order valence-corrected chi connectivity index (χ2v) is 11.1. The zero-order valence-electron chi connectivity index (χ0n) is 23.3. The molecule has 4 heteroatoms. The molecule has 0 heterocycles. The Labute approximate surface area is 210 Å². The fourth-order valence-corrected chi connectivity index (χ4v) is 3.85. The molecule has 0 aromatic carbocycles. The Morgan fingerprint density at radius 1 is 0.588 bits per heavy atom. The highest BCUT2D eigenvalue weighted by Gasteiger charge is 2.29. The van der Waals surface area contributed by atoms with Gasteiger partial charge in [-0.3, -0.25) is 0 Å². The first-order valence-corrected chi connectivity index (χ1v) is 13.1. The topological polar surface area (TPSA) is 80.9 Å². The van der Waals surface area contributed by atoms with Crippen LogP contribution in [0.4, 0.5) is 0 Å². The molecule has 0 aliphatic carbocycles. The predicted octanol–water partition coefficient (Wildman–Crippen LogP) is 6.94. The first-order chi connectivity index (χ1) is 15.7. The second kappa shape index (κ2) is 16.5. The summed E-state index contributed by atoms with van der Waals surface area (Å²) < 4.78 is 0. The Bertz CT molecular complexity index is 627. The standard InChI is InChI=1S/C30H54O4/c1-23(2)13-11-21-29(7,33)27(31)19-17-25(5)15-9-10-16-26(6)18-20-28(32)30(8,34)22-12-14-24(3)4/h13-16,27-28,31-34H,9-12,17-22H2,1-8H3. The molecule has 0 saturated carbocycles. The molecule has 34 heavy (non-hydrogen) atoms. The van der Waals surface area contributed by atoms with Crippen LogP contribution in [0.25, 0.3) is 0 Å². The summed E-state index contributed by atoms with van der Waals surface area (Å²) in [5, 5.41) is 41.9. The monoisotopic (exact) mass is 478 g/mol. The zero-order valence-corrected chi connectivity index (χ0v) is 23.3. The third kappa shape index (κ3) is 15.7. The predicted molar refractivity (Wildman–Crippen MR) is 146 cm³/mol. The molecule has 0 radical (unpaired) electrons. The SMILES string of the molecule is CC(C)=CCCC(C)(O)C(O)CCC(C)=CCCC=C(C)CCC(O)C(C)(O)CCC=C(C)C. The first-order valence-electron chi connectivity index (χ1n) is 13.1. The van der Waals surface area contributed by atoms with E-state index in [0.717, 1.165) is 38.5 Å². The highest BCUT2D eigenvalue weighted by atomic mass is 16.3. The van der Waals surface area contributed by atoms with Gasteiger partial charge >= 0.3 is 0 Å². The molecule has 0 amide bonds. The van der Waals surface area contributed by atoms with E-state index in [4.69, 9.17) is 0 Å². The van der Waals surface area contributed by atoms with Gasteiger partial charge in [-0.15, -0.1) is 0 Å². The molecule has 0 aliphatic rings. The van der Waals surface area contributed by atoms with Crippen LogP contribution in [0.15, 0.2) is 46.6 Å². The molecule has 0 fully saturated rings. The highest BCUT2D eigenvalue weighted by molar-refractivity contribution is 5.04. The van der Waals surface area contributed by atoms with Gasteiger partial charge in [0.15, 0.2) is 0 Å². The number of aliphatic hydroxyl groups excluding tert-OH is 2. The number of allylic oxidation sites excluding steroid dienone is 8. The summed E-state index contributed by atoms with van der Waals surface area (Å²) in [5.41, 5.74) is 2.79. The van der Waals surface area contributed by atoms with E-state index >= 15 is 0 Å². The molecular formula is C30H54O4. The molecule has 0 spiro atoms. The molecule has 0 aromatic rings. The van der Waals surface area contributed by atoms with Crippen LogP contribution in [0.5, 0.6) is 0 Å². The zero-order chi connectivity index (χ0) is 26.4. The van der Waals surface area contributed by atoms with Gasteiger partial charge in [-0.25, -0.2) is 0 Å². The molecular weight excluding hydrogens is 424 g/mol. The van der Waals surface area contributed by atoms with Crippen molar-refractivity contribution in [1.29, 1.82) is 0 Å². The van der Waals surface area contributed by atoms with Crippen molar-refractivity contribution in [1.82, 2.24) is 0 Å². The van der Waals surface area contributed by atoms with E-state index in [1.807, 2.05) is 27.7 Å². The molecule has 0 aromatic heterocycles. The van der Waals surface area contributed by atoms with Crippen LogP contribution < -0.4 is 0 Å². The normalized spacial score (nSPS) is 18.0. The minimum Gasteiger partial charge on any atom is -0.390 e. The van der Waals surface area contributed by atoms with Gasteiger partial charge in [0.05, 0.1) is 23.4 Å². The molecule has 4 atom stereocenters. The lowest BCUT2D eigenvalue weighted by molar-refractivity contribution is -0.0692. The van der Waals surface area contributed by atoms with Gasteiger partial charge in [0, 0.05) is 0 Å². The lowest BCUT2D eigenvalue weighted by atomic mass is 9.89. The molecule has 0 rings (SSSR count). The van der Waals surface area contributed by atoms with Gasteiger partial charge < -0.3 is 20.4 Å². The molecule has 4 nitrogen and oxygen atoms in total. The van der Waals surface area contributed by atoms with Crippen molar-refractivity contribution >= 4 is 0 Å².